The van der Waals surface area contributed by atoms with Gasteiger partial charge in [-0.2, -0.15) is 0 Å². The molecule has 1 fully saturated rings. The Labute approximate surface area is 209 Å². The smallest absolute Gasteiger partial charge is 0.251 e. The van der Waals surface area contributed by atoms with Crippen LogP contribution in [0.3, 0.4) is 0 Å². The highest BCUT2D eigenvalue weighted by molar-refractivity contribution is 5.94. The SMILES string of the molecule is COc1cccc2c1CC[C@@H]1[C@@H]2CCCN1CCCCNC(=O)c1ccc(-c2ccccc2)cc1. The van der Waals surface area contributed by atoms with Crippen LogP contribution in [0, 0.1) is 0 Å². The summed E-state index contributed by atoms with van der Waals surface area (Å²) in [5.41, 5.74) is 5.96. The quantitative estimate of drug-likeness (QED) is 0.408. The van der Waals surface area contributed by atoms with E-state index in [1.165, 1.54) is 42.5 Å². The predicted octanol–water partition coefficient (Wildman–Crippen LogP) is 6.07. The summed E-state index contributed by atoms with van der Waals surface area (Å²) in [6.45, 7) is 3.03. The Morgan fingerprint density at radius 1 is 0.943 bits per heavy atom. The number of fused-ring (bicyclic) bond motifs is 3. The Balaban J connectivity index is 1.09. The average Bonchev–Trinajstić information content (AvgIpc) is 2.92. The Kier molecular flexibility index (Phi) is 7.48. The number of methoxy groups -OCH3 is 1. The van der Waals surface area contributed by atoms with Gasteiger partial charge in [-0.15, -0.1) is 0 Å². The third-order valence-corrected chi connectivity index (χ3v) is 7.78. The van der Waals surface area contributed by atoms with Crippen LogP contribution in [0.1, 0.15) is 59.5 Å². The highest BCUT2D eigenvalue weighted by Crippen LogP contribution is 2.43. The Morgan fingerprint density at radius 3 is 2.54 bits per heavy atom. The number of carbonyl (C=O) groups excluding carboxylic acids is 1. The summed E-state index contributed by atoms with van der Waals surface area (Å²) >= 11 is 0. The molecule has 1 N–H and O–H groups in total. The summed E-state index contributed by atoms with van der Waals surface area (Å²) in [6, 6.07) is 25.3. The van der Waals surface area contributed by atoms with Gasteiger partial charge in [0.25, 0.3) is 5.91 Å². The second kappa shape index (κ2) is 11.1. The van der Waals surface area contributed by atoms with E-state index in [-0.39, 0.29) is 5.91 Å². The van der Waals surface area contributed by atoms with Gasteiger partial charge in [0.15, 0.2) is 0 Å². The molecule has 182 valence electrons. The van der Waals surface area contributed by atoms with E-state index in [0.717, 1.165) is 49.2 Å². The van der Waals surface area contributed by atoms with Crippen molar-refractivity contribution in [3.05, 3.63) is 89.5 Å². The van der Waals surface area contributed by atoms with Crippen molar-refractivity contribution < 1.29 is 9.53 Å². The first-order chi connectivity index (χ1) is 17.2. The van der Waals surface area contributed by atoms with E-state index in [1.807, 2.05) is 42.5 Å². The average molecular weight is 469 g/mol. The van der Waals surface area contributed by atoms with Gasteiger partial charge in [0.05, 0.1) is 7.11 Å². The minimum atomic E-state index is 0.0143. The lowest BCUT2D eigenvalue weighted by Crippen LogP contribution is -2.46. The zero-order valence-corrected chi connectivity index (χ0v) is 20.7. The number of nitrogens with one attached hydrogen (secondary N) is 1. The summed E-state index contributed by atoms with van der Waals surface area (Å²) < 4.78 is 5.64. The number of amides is 1. The molecule has 0 radical (unpaired) electrons. The lowest BCUT2D eigenvalue weighted by Gasteiger charge is -2.45. The van der Waals surface area contributed by atoms with Crippen molar-refractivity contribution in [2.24, 2.45) is 0 Å². The summed E-state index contributed by atoms with van der Waals surface area (Å²) in [5, 5.41) is 3.11. The normalized spacial score (nSPS) is 19.5. The van der Waals surface area contributed by atoms with Crippen molar-refractivity contribution in [3.8, 4) is 16.9 Å². The topological polar surface area (TPSA) is 41.6 Å². The molecule has 35 heavy (non-hydrogen) atoms. The molecule has 0 bridgehead atoms. The Hall–Kier alpha value is -3.11. The number of hydrogen-bond acceptors (Lipinski definition) is 3. The van der Waals surface area contributed by atoms with E-state index in [9.17, 15) is 4.79 Å². The van der Waals surface area contributed by atoms with Crippen LogP contribution in [-0.4, -0.2) is 43.6 Å². The second-order valence-electron chi connectivity index (χ2n) is 9.83. The predicted molar refractivity (Wildman–Crippen MR) is 142 cm³/mol. The maximum atomic E-state index is 12.6. The molecule has 2 aliphatic rings. The first kappa shape index (κ1) is 23.6. The molecular weight excluding hydrogens is 432 g/mol. The number of benzene rings is 3. The highest BCUT2D eigenvalue weighted by atomic mass is 16.5. The molecule has 0 spiro atoms. The molecule has 0 aromatic heterocycles. The van der Waals surface area contributed by atoms with Crippen LogP contribution in [0.15, 0.2) is 72.8 Å². The van der Waals surface area contributed by atoms with Gasteiger partial charge in [0.1, 0.15) is 5.75 Å². The summed E-state index contributed by atoms with van der Waals surface area (Å²) in [5.74, 6) is 1.70. The number of carbonyl (C=O) groups is 1. The summed E-state index contributed by atoms with van der Waals surface area (Å²) in [6.07, 6.45) is 6.98. The highest BCUT2D eigenvalue weighted by Gasteiger charge is 2.36. The van der Waals surface area contributed by atoms with E-state index in [0.29, 0.717) is 12.0 Å². The van der Waals surface area contributed by atoms with Crippen molar-refractivity contribution >= 4 is 5.91 Å². The van der Waals surface area contributed by atoms with Crippen molar-refractivity contribution in [3.63, 3.8) is 0 Å². The van der Waals surface area contributed by atoms with Gasteiger partial charge in [-0.25, -0.2) is 0 Å². The molecule has 3 aromatic carbocycles. The van der Waals surface area contributed by atoms with E-state index < -0.39 is 0 Å². The molecular formula is C31H36N2O2. The number of piperidine rings is 1. The van der Waals surface area contributed by atoms with Crippen LogP contribution < -0.4 is 10.1 Å². The van der Waals surface area contributed by atoms with Gasteiger partial charge in [0, 0.05) is 18.2 Å². The van der Waals surface area contributed by atoms with Gasteiger partial charge in [0.2, 0.25) is 0 Å². The molecule has 3 aromatic rings. The Morgan fingerprint density at radius 2 is 1.74 bits per heavy atom. The monoisotopic (exact) mass is 468 g/mol. The fraction of sp³-hybridized carbons (Fsp3) is 0.387. The zero-order valence-electron chi connectivity index (χ0n) is 20.7. The van der Waals surface area contributed by atoms with Crippen LogP contribution in [0.5, 0.6) is 5.75 Å². The number of likely N-dealkylation sites (tertiary alicyclic amines) is 1. The molecule has 4 nitrogen and oxygen atoms in total. The third-order valence-electron chi connectivity index (χ3n) is 7.78. The first-order valence-electron chi connectivity index (χ1n) is 13.1. The fourth-order valence-electron chi connectivity index (χ4n) is 6.02. The van der Waals surface area contributed by atoms with E-state index in [2.05, 4.69) is 40.5 Å². The molecule has 1 aliphatic heterocycles. The van der Waals surface area contributed by atoms with Crippen LogP contribution in [0.4, 0.5) is 0 Å². The zero-order chi connectivity index (χ0) is 24.0. The van der Waals surface area contributed by atoms with Gasteiger partial charge >= 0.3 is 0 Å². The van der Waals surface area contributed by atoms with E-state index in [4.69, 9.17) is 4.74 Å². The number of rotatable bonds is 8. The summed E-state index contributed by atoms with van der Waals surface area (Å²) in [4.78, 5) is 15.3. The standard InChI is InChI=1S/C31H36N2O2/c1-35-30-13-7-11-26-27-12-8-22-33(29(27)19-18-28(26)30)21-6-5-20-32-31(34)25-16-14-24(15-17-25)23-9-3-2-4-10-23/h2-4,7,9-11,13-17,27,29H,5-6,8,12,18-22H2,1H3,(H,32,34)/t27-,29-/m1/s1. The molecule has 1 amide bonds. The van der Waals surface area contributed by atoms with Crippen LogP contribution in [0.2, 0.25) is 0 Å². The lowest BCUT2D eigenvalue weighted by atomic mass is 9.74. The molecule has 1 heterocycles. The lowest BCUT2D eigenvalue weighted by molar-refractivity contribution is 0.0947. The fourth-order valence-corrected chi connectivity index (χ4v) is 6.02. The van der Waals surface area contributed by atoms with Gasteiger partial charge in [-0.1, -0.05) is 54.6 Å². The molecule has 4 heteroatoms. The molecule has 1 aliphatic carbocycles. The molecule has 0 unspecified atom stereocenters. The van der Waals surface area contributed by atoms with Gasteiger partial charge in [-0.05, 0) is 98.0 Å². The van der Waals surface area contributed by atoms with Gasteiger partial charge in [-0.3, -0.25) is 9.69 Å². The van der Waals surface area contributed by atoms with Crippen molar-refractivity contribution in [1.82, 2.24) is 10.2 Å². The van der Waals surface area contributed by atoms with Crippen molar-refractivity contribution in [1.29, 1.82) is 0 Å². The number of ether oxygens (including phenoxy) is 1. The number of unbranched alkanes of at least 4 members (excludes halogenated alkanes) is 1. The maximum absolute atomic E-state index is 12.6. The second-order valence-corrected chi connectivity index (χ2v) is 9.83. The largest absolute Gasteiger partial charge is 0.496 e. The molecule has 5 rings (SSSR count). The Bertz CT molecular complexity index is 1130. The minimum absolute atomic E-state index is 0.0143. The molecule has 1 saturated heterocycles. The minimum Gasteiger partial charge on any atom is -0.496 e. The number of nitrogens with zero attached hydrogens (tertiary/aromatic N) is 1. The molecule has 0 saturated carbocycles. The third kappa shape index (κ3) is 5.28. The van der Waals surface area contributed by atoms with Crippen LogP contribution in [0.25, 0.3) is 11.1 Å². The van der Waals surface area contributed by atoms with Crippen molar-refractivity contribution in [2.45, 2.75) is 50.5 Å². The van der Waals surface area contributed by atoms with E-state index in [1.54, 1.807) is 7.11 Å². The maximum Gasteiger partial charge on any atom is 0.251 e. The van der Waals surface area contributed by atoms with Crippen molar-refractivity contribution in [2.75, 3.05) is 26.7 Å². The number of hydrogen-bond donors (Lipinski definition) is 1. The summed E-state index contributed by atoms with van der Waals surface area (Å²) in [7, 11) is 1.79. The molecule has 2 atom stereocenters. The van der Waals surface area contributed by atoms with Gasteiger partial charge < -0.3 is 10.1 Å². The van der Waals surface area contributed by atoms with Crippen LogP contribution in [-0.2, 0) is 6.42 Å². The van der Waals surface area contributed by atoms with E-state index >= 15 is 0 Å². The first-order valence-corrected chi connectivity index (χ1v) is 13.1. The van der Waals surface area contributed by atoms with Crippen LogP contribution >= 0.6 is 0 Å².